The van der Waals surface area contributed by atoms with E-state index in [4.69, 9.17) is 16.7 Å². The molecule has 2 heteroatoms. The maximum absolute atomic E-state index is 8.95. The average Bonchev–Trinajstić information content (AvgIpc) is 2.15. The minimum atomic E-state index is -0.398. The van der Waals surface area contributed by atoms with E-state index in [1.807, 2.05) is 42.5 Å². The standard InChI is InChI=1S/C12H13ClO/c1-10(14)4-2-3-5-11-6-8-12(13)9-7-11/h2-10,14H,1H3/b4-2+,5-3+. The Labute approximate surface area is 89.3 Å². The molecule has 0 spiro atoms. The van der Waals surface area contributed by atoms with Gasteiger partial charge in [-0.3, -0.25) is 0 Å². The first-order valence-corrected chi connectivity index (χ1v) is 4.85. The molecule has 0 aromatic heterocycles. The van der Waals surface area contributed by atoms with Gasteiger partial charge in [0.2, 0.25) is 0 Å². The van der Waals surface area contributed by atoms with E-state index in [2.05, 4.69) is 0 Å². The van der Waals surface area contributed by atoms with Crippen molar-refractivity contribution in [3.8, 4) is 0 Å². The summed E-state index contributed by atoms with van der Waals surface area (Å²) in [7, 11) is 0. The van der Waals surface area contributed by atoms with E-state index in [1.165, 1.54) is 0 Å². The van der Waals surface area contributed by atoms with Gasteiger partial charge in [-0.15, -0.1) is 0 Å². The van der Waals surface area contributed by atoms with Crippen molar-refractivity contribution in [3.63, 3.8) is 0 Å². The van der Waals surface area contributed by atoms with Crippen LogP contribution in [-0.4, -0.2) is 11.2 Å². The van der Waals surface area contributed by atoms with Crippen LogP contribution in [0.25, 0.3) is 6.08 Å². The van der Waals surface area contributed by atoms with Gasteiger partial charge in [-0.2, -0.15) is 0 Å². The molecule has 1 aromatic carbocycles. The minimum Gasteiger partial charge on any atom is -0.389 e. The van der Waals surface area contributed by atoms with Gasteiger partial charge in [0.1, 0.15) is 0 Å². The summed E-state index contributed by atoms with van der Waals surface area (Å²) in [6.07, 6.45) is 6.97. The van der Waals surface area contributed by atoms with Gasteiger partial charge in [0, 0.05) is 5.02 Å². The average molecular weight is 209 g/mol. The van der Waals surface area contributed by atoms with Gasteiger partial charge in [0.25, 0.3) is 0 Å². The maximum atomic E-state index is 8.95. The molecule has 1 atom stereocenters. The van der Waals surface area contributed by atoms with Crippen LogP contribution in [0.1, 0.15) is 12.5 Å². The number of hydrogen-bond acceptors (Lipinski definition) is 1. The summed E-state index contributed by atoms with van der Waals surface area (Å²) < 4.78 is 0. The molecule has 0 aliphatic carbocycles. The third-order valence-corrected chi connectivity index (χ3v) is 1.91. The normalized spacial score (nSPS) is 13.9. The summed E-state index contributed by atoms with van der Waals surface area (Å²) in [6.45, 7) is 1.71. The third-order valence-electron chi connectivity index (χ3n) is 1.66. The van der Waals surface area contributed by atoms with E-state index in [1.54, 1.807) is 13.0 Å². The van der Waals surface area contributed by atoms with Crippen molar-refractivity contribution in [2.24, 2.45) is 0 Å². The molecule has 0 aliphatic heterocycles. The van der Waals surface area contributed by atoms with Crippen molar-refractivity contribution in [2.75, 3.05) is 0 Å². The first-order valence-electron chi connectivity index (χ1n) is 4.47. The first kappa shape index (κ1) is 11.0. The summed E-state index contributed by atoms with van der Waals surface area (Å²) in [5.74, 6) is 0. The second kappa shape index (κ2) is 5.63. The summed E-state index contributed by atoms with van der Waals surface area (Å²) >= 11 is 5.74. The molecule has 1 aromatic rings. The van der Waals surface area contributed by atoms with Crippen molar-refractivity contribution in [3.05, 3.63) is 53.1 Å². The molecule has 14 heavy (non-hydrogen) atoms. The molecule has 1 unspecified atom stereocenters. The van der Waals surface area contributed by atoms with Crippen molar-refractivity contribution in [1.82, 2.24) is 0 Å². The van der Waals surface area contributed by atoms with Crippen LogP contribution < -0.4 is 0 Å². The van der Waals surface area contributed by atoms with Gasteiger partial charge in [-0.05, 0) is 24.6 Å². The summed E-state index contributed by atoms with van der Waals surface area (Å²) in [5, 5.41) is 9.69. The second-order valence-corrected chi connectivity index (χ2v) is 3.47. The number of rotatable bonds is 3. The fraction of sp³-hybridized carbons (Fsp3) is 0.167. The zero-order chi connectivity index (χ0) is 10.4. The highest BCUT2D eigenvalue weighted by molar-refractivity contribution is 6.30. The van der Waals surface area contributed by atoms with Crippen molar-refractivity contribution in [1.29, 1.82) is 0 Å². The molecule has 0 bridgehead atoms. The Bertz CT molecular complexity index is 323. The molecule has 1 N–H and O–H groups in total. The zero-order valence-electron chi connectivity index (χ0n) is 8.02. The SMILES string of the molecule is CC(O)/C=C/C=C/c1ccc(Cl)cc1. The molecule has 0 radical (unpaired) electrons. The fourth-order valence-electron chi connectivity index (χ4n) is 0.966. The number of allylic oxidation sites excluding steroid dienone is 2. The molecule has 1 nitrogen and oxygen atoms in total. The number of hydrogen-bond donors (Lipinski definition) is 1. The monoisotopic (exact) mass is 208 g/mol. The Morgan fingerprint density at radius 1 is 1.21 bits per heavy atom. The maximum Gasteiger partial charge on any atom is 0.0695 e. The van der Waals surface area contributed by atoms with Gasteiger partial charge < -0.3 is 5.11 Å². The van der Waals surface area contributed by atoms with Crippen LogP contribution in [0.4, 0.5) is 0 Å². The van der Waals surface area contributed by atoms with Crippen LogP contribution in [-0.2, 0) is 0 Å². The molecule has 0 saturated carbocycles. The van der Waals surface area contributed by atoms with Gasteiger partial charge in [-0.25, -0.2) is 0 Å². The van der Waals surface area contributed by atoms with Crippen molar-refractivity contribution < 1.29 is 5.11 Å². The molecular formula is C12H13ClO. The molecule has 0 saturated heterocycles. The molecule has 74 valence electrons. The highest BCUT2D eigenvalue weighted by Crippen LogP contribution is 2.10. The highest BCUT2D eigenvalue weighted by atomic mass is 35.5. The van der Waals surface area contributed by atoms with E-state index in [0.717, 1.165) is 10.6 Å². The second-order valence-electron chi connectivity index (χ2n) is 3.04. The predicted octanol–water partition coefficient (Wildman–Crippen LogP) is 3.29. The molecular weight excluding hydrogens is 196 g/mol. The number of benzene rings is 1. The highest BCUT2D eigenvalue weighted by Gasteiger charge is 1.86. The molecule has 0 amide bonds. The lowest BCUT2D eigenvalue weighted by atomic mass is 10.2. The fourth-order valence-corrected chi connectivity index (χ4v) is 1.09. The van der Waals surface area contributed by atoms with Gasteiger partial charge in [0.05, 0.1) is 6.10 Å². The minimum absolute atomic E-state index is 0.398. The van der Waals surface area contributed by atoms with Crippen LogP contribution in [0.15, 0.2) is 42.5 Å². The lowest BCUT2D eigenvalue weighted by Crippen LogP contribution is -1.90. The van der Waals surface area contributed by atoms with Crippen molar-refractivity contribution in [2.45, 2.75) is 13.0 Å². The summed E-state index contributed by atoms with van der Waals surface area (Å²) in [4.78, 5) is 0. The Morgan fingerprint density at radius 2 is 1.86 bits per heavy atom. The topological polar surface area (TPSA) is 20.2 Å². The van der Waals surface area contributed by atoms with E-state index in [-0.39, 0.29) is 0 Å². The van der Waals surface area contributed by atoms with Crippen LogP contribution in [0.2, 0.25) is 5.02 Å². The first-order chi connectivity index (χ1) is 6.68. The largest absolute Gasteiger partial charge is 0.389 e. The van der Waals surface area contributed by atoms with Gasteiger partial charge in [0.15, 0.2) is 0 Å². The molecule has 0 fully saturated rings. The Hall–Kier alpha value is -1.05. The van der Waals surface area contributed by atoms with Crippen LogP contribution in [0.3, 0.4) is 0 Å². The van der Waals surface area contributed by atoms with Crippen molar-refractivity contribution >= 4 is 17.7 Å². The van der Waals surface area contributed by atoms with Crippen LogP contribution in [0, 0.1) is 0 Å². The van der Waals surface area contributed by atoms with Gasteiger partial charge >= 0.3 is 0 Å². The molecule has 0 aliphatic rings. The lowest BCUT2D eigenvalue weighted by Gasteiger charge is -1.92. The van der Waals surface area contributed by atoms with Crippen LogP contribution in [0.5, 0.6) is 0 Å². The van der Waals surface area contributed by atoms with E-state index in [0.29, 0.717) is 0 Å². The van der Waals surface area contributed by atoms with E-state index in [9.17, 15) is 0 Å². The molecule has 1 rings (SSSR count). The molecule has 0 heterocycles. The summed E-state index contributed by atoms with van der Waals surface area (Å²) in [5.41, 5.74) is 1.09. The smallest absolute Gasteiger partial charge is 0.0695 e. The number of aliphatic hydroxyl groups is 1. The summed E-state index contributed by atoms with van der Waals surface area (Å²) in [6, 6.07) is 7.57. The quantitative estimate of drug-likeness (QED) is 0.756. The third kappa shape index (κ3) is 4.26. The predicted molar refractivity (Wildman–Crippen MR) is 61.3 cm³/mol. The number of halogens is 1. The lowest BCUT2D eigenvalue weighted by molar-refractivity contribution is 0.244. The Morgan fingerprint density at radius 3 is 2.43 bits per heavy atom. The van der Waals surface area contributed by atoms with E-state index >= 15 is 0 Å². The Kier molecular flexibility index (Phi) is 4.44. The Balaban J connectivity index is 2.56. The van der Waals surface area contributed by atoms with Gasteiger partial charge in [-0.1, -0.05) is 48.0 Å². The van der Waals surface area contributed by atoms with Crippen LogP contribution >= 0.6 is 11.6 Å². The van der Waals surface area contributed by atoms with E-state index < -0.39 is 6.10 Å². The zero-order valence-corrected chi connectivity index (χ0v) is 8.78. The number of aliphatic hydroxyl groups excluding tert-OH is 1.